The van der Waals surface area contributed by atoms with Gasteiger partial charge in [-0.25, -0.2) is 4.79 Å². The molecule has 0 saturated carbocycles. The van der Waals surface area contributed by atoms with Gasteiger partial charge >= 0.3 is 6.09 Å². The molecule has 1 saturated heterocycles. The van der Waals surface area contributed by atoms with Crippen LogP contribution in [0.3, 0.4) is 0 Å². The summed E-state index contributed by atoms with van der Waals surface area (Å²) in [5.41, 5.74) is 0.583. The van der Waals surface area contributed by atoms with Gasteiger partial charge in [0.15, 0.2) is 5.82 Å². The second-order valence-electron chi connectivity index (χ2n) is 7.61. The minimum Gasteiger partial charge on any atom is -0.445 e. The standard InChI is InChI=1S/C19H22N6O5S/c1-12-20-21-17-10-22(6-7-23(12)17)18(26)16-8-15(31)9-24(16)19(27)30-11-13-2-4-14(5-3-13)25(28)29/h2-5,15-16,31H,6-11H2,1H3/t15-,16-/m0/s1. The molecule has 2 atom stereocenters. The lowest BCUT2D eigenvalue weighted by Crippen LogP contribution is -2.50. The number of fused-ring (bicyclic) bond motifs is 1. The molecule has 0 N–H and O–H groups in total. The number of hydrogen-bond acceptors (Lipinski definition) is 8. The van der Waals surface area contributed by atoms with Crippen LogP contribution in [-0.2, 0) is 29.2 Å². The van der Waals surface area contributed by atoms with Crippen LogP contribution in [0.1, 0.15) is 23.6 Å². The molecule has 2 aliphatic rings. The zero-order valence-electron chi connectivity index (χ0n) is 16.9. The van der Waals surface area contributed by atoms with Crippen LogP contribution in [0, 0.1) is 17.0 Å². The largest absolute Gasteiger partial charge is 0.445 e. The first kappa shape index (κ1) is 21.1. The van der Waals surface area contributed by atoms with Gasteiger partial charge in [-0.1, -0.05) is 0 Å². The lowest BCUT2D eigenvalue weighted by atomic mass is 10.1. The number of likely N-dealkylation sites (tertiary alicyclic amines) is 1. The third kappa shape index (κ3) is 4.33. The third-order valence-corrected chi connectivity index (χ3v) is 5.93. The molecule has 1 aromatic heterocycles. The highest BCUT2D eigenvalue weighted by atomic mass is 32.1. The van der Waals surface area contributed by atoms with Gasteiger partial charge in [0.2, 0.25) is 5.91 Å². The summed E-state index contributed by atoms with van der Waals surface area (Å²) in [5, 5.41) is 18.8. The number of aryl methyl sites for hydroxylation is 1. The number of amides is 2. The molecule has 11 nitrogen and oxygen atoms in total. The number of rotatable bonds is 4. The second kappa shape index (κ2) is 8.53. The maximum atomic E-state index is 13.2. The van der Waals surface area contributed by atoms with Crippen molar-refractivity contribution in [3.8, 4) is 0 Å². The van der Waals surface area contributed by atoms with Crippen LogP contribution >= 0.6 is 12.6 Å². The number of hydrogen-bond donors (Lipinski definition) is 1. The van der Waals surface area contributed by atoms with E-state index in [4.69, 9.17) is 4.74 Å². The number of non-ortho nitro benzene ring substituents is 1. The summed E-state index contributed by atoms with van der Waals surface area (Å²) in [6.07, 6.45) is -0.166. The first-order valence-electron chi connectivity index (χ1n) is 9.85. The Hall–Kier alpha value is -3.15. The molecule has 4 rings (SSSR count). The summed E-state index contributed by atoms with van der Waals surface area (Å²) in [5.74, 6) is 1.38. The molecular formula is C19H22N6O5S. The monoisotopic (exact) mass is 446 g/mol. The molecule has 0 radical (unpaired) electrons. The summed E-state index contributed by atoms with van der Waals surface area (Å²) in [4.78, 5) is 39.2. The summed E-state index contributed by atoms with van der Waals surface area (Å²) in [7, 11) is 0. The van der Waals surface area contributed by atoms with Gasteiger partial charge in [0, 0.05) is 37.0 Å². The Bertz CT molecular complexity index is 1010. The molecule has 0 spiro atoms. The summed E-state index contributed by atoms with van der Waals surface area (Å²) >= 11 is 4.47. The molecule has 2 aliphatic heterocycles. The number of carbonyl (C=O) groups is 2. The van der Waals surface area contributed by atoms with Crippen LogP contribution in [0.25, 0.3) is 0 Å². The Morgan fingerprint density at radius 1 is 1.26 bits per heavy atom. The average molecular weight is 446 g/mol. The lowest BCUT2D eigenvalue weighted by molar-refractivity contribution is -0.384. The summed E-state index contributed by atoms with van der Waals surface area (Å²) in [6.45, 7) is 3.61. The van der Waals surface area contributed by atoms with Gasteiger partial charge in [-0.2, -0.15) is 12.6 Å². The van der Waals surface area contributed by atoms with Gasteiger partial charge in [0.25, 0.3) is 5.69 Å². The number of nitro groups is 1. The number of aromatic nitrogens is 3. The van der Waals surface area contributed by atoms with Crippen molar-refractivity contribution in [1.29, 1.82) is 0 Å². The average Bonchev–Trinajstić information content (AvgIpc) is 3.34. The molecule has 0 bridgehead atoms. The van der Waals surface area contributed by atoms with Crippen molar-refractivity contribution < 1.29 is 19.2 Å². The van der Waals surface area contributed by atoms with Crippen LogP contribution < -0.4 is 0 Å². The van der Waals surface area contributed by atoms with Gasteiger partial charge in [0.05, 0.1) is 11.5 Å². The van der Waals surface area contributed by atoms with Crippen LogP contribution in [0.15, 0.2) is 24.3 Å². The van der Waals surface area contributed by atoms with E-state index in [0.717, 1.165) is 11.6 Å². The Morgan fingerprint density at radius 3 is 2.71 bits per heavy atom. The lowest BCUT2D eigenvalue weighted by Gasteiger charge is -2.32. The van der Waals surface area contributed by atoms with Crippen molar-refractivity contribution in [2.75, 3.05) is 13.1 Å². The highest BCUT2D eigenvalue weighted by molar-refractivity contribution is 7.81. The molecule has 1 aromatic carbocycles. The SMILES string of the molecule is Cc1nnc2n1CCN(C(=O)[C@@H]1C[C@H](S)CN1C(=O)OCc1ccc([N+](=O)[O-])cc1)C2. The fourth-order valence-electron chi connectivity index (χ4n) is 3.89. The molecular weight excluding hydrogens is 424 g/mol. The topological polar surface area (TPSA) is 124 Å². The predicted molar refractivity (Wildman–Crippen MR) is 111 cm³/mol. The minimum absolute atomic E-state index is 0.0363. The molecule has 0 aliphatic carbocycles. The van der Waals surface area contributed by atoms with Gasteiger partial charge in [0.1, 0.15) is 18.5 Å². The van der Waals surface area contributed by atoms with Crippen LogP contribution in [-0.4, -0.2) is 65.9 Å². The maximum absolute atomic E-state index is 13.2. The Kier molecular flexibility index (Phi) is 5.81. The molecule has 2 aromatic rings. The van der Waals surface area contributed by atoms with Crippen LogP contribution in [0.5, 0.6) is 0 Å². The van der Waals surface area contributed by atoms with E-state index in [1.165, 1.54) is 29.2 Å². The van der Waals surface area contributed by atoms with Crippen molar-refractivity contribution in [2.45, 2.75) is 44.3 Å². The summed E-state index contributed by atoms with van der Waals surface area (Å²) < 4.78 is 7.36. The molecule has 3 heterocycles. The number of ether oxygens (including phenoxy) is 1. The number of carbonyl (C=O) groups excluding carboxylic acids is 2. The normalized spacial score (nSPS) is 20.5. The van der Waals surface area contributed by atoms with Gasteiger partial charge < -0.3 is 14.2 Å². The van der Waals surface area contributed by atoms with Crippen molar-refractivity contribution in [1.82, 2.24) is 24.6 Å². The van der Waals surface area contributed by atoms with Crippen LogP contribution in [0.4, 0.5) is 10.5 Å². The van der Waals surface area contributed by atoms with Gasteiger partial charge in [-0.3, -0.25) is 19.8 Å². The maximum Gasteiger partial charge on any atom is 0.410 e. The van der Waals surface area contributed by atoms with Crippen molar-refractivity contribution in [3.05, 3.63) is 51.6 Å². The zero-order chi connectivity index (χ0) is 22.1. The van der Waals surface area contributed by atoms with E-state index in [-0.39, 0.29) is 23.5 Å². The molecule has 12 heteroatoms. The second-order valence-corrected chi connectivity index (χ2v) is 8.34. The van der Waals surface area contributed by atoms with Crippen molar-refractivity contribution in [2.24, 2.45) is 0 Å². The van der Waals surface area contributed by atoms with E-state index >= 15 is 0 Å². The first-order valence-corrected chi connectivity index (χ1v) is 10.4. The molecule has 31 heavy (non-hydrogen) atoms. The number of nitrogens with zero attached hydrogens (tertiary/aromatic N) is 6. The Balaban J connectivity index is 1.39. The number of thiol groups is 1. The number of nitro benzene ring substituents is 1. The van der Waals surface area contributed by atoms with E-state index in [9.17, 15) is 19.7 Å². The van der Waals surface area contributed by atoms with E-state index in [0.29, 0.717) is 38.2 Å². The third-order valence-electron chi connectivity index (χ3n) is 5.56. The molecule has 164 valence electrons. The minimum atomic E-state index is -0.651. The first-order chi connectivity index (χ1) is 14.8. The summed E-state index contributed by atoms with van der Waals surface area (Å²) in [6, 6.07) is 5.12. The van der Waals surface area contributed by atoms with Crippen LogP contribution in [0.2, 0.25) is 0 Å². The van der Waals surface area contributed by atoms with Gasteiger partial charge in [-0.05, 0) is 31.0 Å². The smallest absolute Gasteiger partial charge is 0.410 e. The van der Waals surface area contributed by atoms with E-state index in [2.05, 4.69) is 22.8 Å². The zero-order valence-corrected chi connectivity index (χ0v) is 17.8. The quantitative estimate of drug-likeness (QED) is 0.429. The molecule has 0 unspecified atom stereocenters. The Labute approximate surface area is 183 Å². The van der Waals surface area contributed by atoms with E-state index in [1.54, 1.807) is 4.90 Å². The highest BCUT2D eigenvalue weighted by Crippen LogP contribution is 2.26. The van der Waals surface area contributed by atoms with E-state index < -0.39 is 17.1 Å². The number of benzene rings is 1. The molecule has 1 fully saturated rings. The van der Waals surface area contributed by atoms with Crippen molar-refractivity contribution >= 4 is 30.3 Å². The van der Waals surface area contributed by atoms with E-state index in [1.807, 2.05) is 11.5 Å². The molecule has 2 amide bonds. The predicted octanol–water partition coefficient (Wildman–Crippen LogP) is 1.55. The Morgan fingerprint density at radius 2 is 2.00 bits per heavy atom. The fraction of sp³-hybridized carbons (Fsp3) is 0.474. The highest BCUT2D eigenvalue weighted by Gasteiger charge is 2.42. The van der Waals surface area contributed by atoms with Gasteiger partial charge in [-0.15, -0.1) is 10.2 Å². The van der Waals surface area contributed by atoms with Crippen molar-refractivity contribution in [3.63, 3.8) is 0 Å². The fourth-order valence-corrected chi connectivity index (χ4v) is 4.27.